The van der Waals surface area contributed by atoms with Crippen LogP contribution in [0.15, 0.2) is 194 Å². The lowest BCUT2D eigenvalue weighted by molar-refractivity contribution is -0.137. The Labute approximate surface area is 337 Å². The number of fused-ring (bicyclic) bond motifs is 8. The Hall–Kier alpha value is -7.30. The third-order valence-corrected chi connectivity index (χ3v) is 11.9. The maximum absolute atomic E-state index is 14.1. The third kappa shape index (κ3) is 5.82. The summed E-state index contributed by atoms with van der Waals surface area (Å²) in [6.45, 7) is 0. The number of benzene rings is 11. The van der Waals surface area contributed by atoms with Crippen molar-refractivity contribution in [1.82, 2.24) is 0 Å². The van der Waals surface area contributed by atoms with E-state index in [1.54, 1.807) is 24.3 Å². The molecule has 0 aliphatic rings. The summed E-state index contributed by atoms with van der Waals surface area (Å²) in [5.41, 5.74) is 6.78. The van der Waals surface area contributed by atoms with E-state index in [1.165, 1.54) is 24.3 Å². The minimum Gasteiger partial charge on any atom is -0.207 e. The number of hydrogen-bond acceptors (Lipinski definition) is 0. The van der Waals surface area contributed by atoms with Crippen molar-refractivity contribution in [2.45, 2.75) is 6.18 Å². The molecule has 0 bridgehead atoms. The van der Waals surface area contributed by atoms with E-state index in [9.17, 15) is 17.6 Å². The fourth-order valence-electron chi connectivity index (χ4n) is 9.12. The van der Waals surface area contributed by atoms with E-state index >= 15 is 0 Å². The van der Waals surface area contributed by atoms with Crippen LogP contribution < -0.4 is 0 Å². The predicted molar refractivity (Wildman–Crippen MR) is 238 cm³/mol. The molecule has 0 heterocycles. The molecule has 0 N–H and O–H groups in total. The Morgan fingerprint density at radius 2 is 0.780 bits per heavy atom. The van der Waals surface area contributed by atoms with Crippen molar-refractivity contribution < 1.29 is 17.6 Å². The third-order valence-electron chi connectivity index (χ3n) is 11.9. The number of alkyl halides is 3. The molecule has 11 aromatic carbocycles. The van der Waals surface area contributed by atoms with Crippen LogP contribution in [0.3, 0.4) is 0 Å². The first kappa shape index (κ1) is 34.9. The normalized spacial score (nSPS) is 12.1. The van der Waals surface area contributed by atoms with Gasteiger partial charge < -0.3 is 0 Å². The molecule has 280 valence electrons. The molecule has 0 radical (unpaired) electrons. The minimum absolute atomic E-state index is 0.290. The number of halogens is 4. The maximum atomic E-state index is 14.1. The van der Waals surface area contributed by atoms with Crippen molar-refractivity contribution in [2.24, 2.45) is 0 Å². The summed E-state index contributed by atoms with van der Waals surface area (Å²) in [5, 5.41) is 13.0. The Morgan fingerprint density at radius 1 is 0.288 bits per heavy atom. The highest BCUT2D eigenvalue weighted by Crippen LogP contribution is 2.48. The van der Waals surface area contributed by atoms with Gasteiger partial charge in [0.05, 0.1) is 5.56 Å². The molecule has 0 aliphatic heterocycles. The Balaban J connectivity index is 1.32. The van der Waals surface area contributed by atoms with Crippen LogP contribution in [0, 0.1) is 5.82 Å². The van der Waals surface area contributed by atoms with Crippen molar-refractivity contribution in [2.75, 3.05) is 0 Å². The summed E-state index contributed by atoms with van der Waals surface area (Å²) in [5.74, 6) is -0.290. The van der Waals surface area contributed by atoms with Crippen molar-refractivity contribution >= 4 is 64.6 Å². The molecule has 0 saturated heterocycles. The molecule has 0 unspecified atom stereocenters. The zero-order valence-electron chi connectivity index (χ0n) is 31.5. The molecule has 4 heteroatoms. The van der Waals surface area contributed by atoms with E-state index in [4.69, 9.17) is 0 Å². The van der Waals surface area contributed by atoms with Crippen molar-refractivity contribution in [1.29, 1.82) is 0 Å². The zero-order chi connectivity index (χ0) is 39.8. The van der Waals surface area contributed by atoms with Crippen LogP contribution >= 0.6 is 0 Å². The lowest BCUT2D eigenvalue weighted by Crippen LogP contribution is -2.04. The Bertz CT molecular complexity index is 3470. The Morgan fingerprint density at radius 3 is 1.41 bits per heavy atom. The first-order chi connectivity index (χ1) is 28.8. The second kappa shape index (κ2) is 13.4. The van der Waals surface area contributed by atoms with Gasteiger partial charge in [0.1, 0.15) is 5.82 Å². The van der Waals surface area contributed by atoms with Gasteiger partial charge in [-0.1, -0.05) is 133 Å². The molecular formula is C55H32F4. The standard InChI is InChI=1S/C55H32F4/c56-41-24-19-33(20-25-41)35-21-26-44-39(27-35)32-51-50(49-28-36-9-1-3-11-42(36)45-13-5-7-15-47(45)49)30-38(34-17-22-40(23-18-34)55(57,58)59)31-53(51)54(44)52-29-37-10-2-4-12-43(37)46-14-6-8-16-48(46)52/h1-32H. The van der Waals surface area contributed by atoms with Crippen LogP contribution in [0.4, 0.5) is 17.6 Å². The summed E-state index contributed by atoms with van der Waals surface area (Å²) in [6.07, 6.45) is -4.45. The number of hydrogen-bond donors (Lipinski definition) is 0. The van der Waals surface area contributed by atoms with Gasteiger partial charge in [-0.15, -0.1) is 0 Å². The van der Waals surface area contributed by atoms with Gasteiger partial charge in [0.2, 0.25) is 0 Å². The molecule has 0 aromatic heterocycles. The Kier molecular flexibility index (Phi) is 7.92. The average molecular weight is 769 g/mol. The second-order valence-electron chi connectivity index (χ2n) is 15.3. The van der Waals surface area contributed by atoms with Crippen LogP contribution in [-0.2, 0) is 6.18 Å². The lowest BCUT2D eigenvalue weighted by atomic mass is 9.82. The van der Waals surface area contributed by atoms with Gasteiger partial charge in [-0.2, -0.15) is 13.2 Å². The highest BCUT2D eigenvalue weighted by atomic mass is 19.4. The molecule has 0 nitrogen and oxygen atoms in total. The van der Waals surface area contributed by atoms with Gasteiger partial charge in [0.15, 0.2) is 0 Å². The summed E-state index contributed by atoms with van der Waals surface area (Å²) < 4.78 is 55.7. The SMILES string of the molecule is Fc1ccc(-c2ccc3c(-c4cc5ccccc5c5ccccc45)c4cc(-c5ccc(C(F)(F)F)cc5)cc(-c5cc6ccccc6c6ccccc56)c4cc3c2)cc1. The lowest BCUT2D eigenvalue weighted by Gasteiger charge is -2.21. The van der Waals surface area contributed by atoms with Crippen molar-refractivity contribution in [3.05, 3.63) is 206 Å². The summed E-state index contributed by atoms with van der Waals surface area (Å²) in [7, 11) is 0. The fourth-order valence-corrected chi connectivity index (χ4v) is 9.12. The first-order valence-electron chi connectivity index (χ1n) is 19.6. The molecule has 11 aromatic rings. The molecule has 0 atom stereocenters. The topological polar surface area (TPSA) is 0 Å². The zero-order valence-corrected chi connectivity index (χ0v) is 31.5. The molecule has 0 saturated carbocycles. The van der Waals surface area contributed by atoms with Crippen LogP contribution in [0.1, 0.15) is 5.56 Å². The van der Waals surface area contributed by atoms with Gasteiger partial charge >= 0.3 is 6.18 Å². The van der Waals surface area contributed by atoms with E-state index in [1.807, 2.05) is 6.07 Å². The second-order valence-corrected chi connectivity index (χ2v) is 15.3. The quantitative estimate of drug-likeness (QED) is 0.0950. The smallest absolute Gasteiger partial charge is 0.207 e. The fraction of sp³-hybridized carbons (Fsp3) is 0.0182. The largest absolute Gasteiger partial charge is 0.416 e. The molecule has 11 rings (SSSR count). The monoisotopic (exact) mass is 768 g/mol. The average Bonchev–Trinajstić information content (AvgIpc) is 3.27. The van der Waals surface area contributed by atoms with Crippen LogP contribution in [0.2, 0.25) is 0 Å². The van der Waals surface area contributed by atoms with Crippen LogP contribution in [0.5, 0.6) is 0 Å². The van der Waals surface area contributed by atoms with Gasteiger partial charge in [0, 0.05) is 0 Å². The van der Waals surface area contributed by atoms with E-state index in [-0.39, 0.29) is 5.82 Å². The van der Waals surface area contributed by atoms with Crippen LogP contribution in [-0.4, -0.2) is 0 Å². The molecule has 0 fully saturated rings. The van der Waals surface area contributed by atoms with Crippen molar-refractivity contribution in [3.63, 3.8) is 0 Å². The molecule has 0 spiro atoms. The van der Waals surface area contributed by atoms with E-state index in [2.05, 4.69) is 140 Å². The number of rotatable bonds is 4. The van der Waals surface area contributed by atoms with E-state index < -0.39 is 11.7 Å². The molecule has 59 heavy (non-hydrogen) atoms. The predicted octanol–water partition coefficient (Wildman–Crippen LogP) is 16.4. The molecular weight excluding hydrogens is 737 g/mol. The summed E-state index contributed by atoms with van der Waals surface area (Å²) in [6, 6.07) is 63.2. The maximum Gasteiger partial charge on any atom is 0.416 e. The van der Waals surface area contributed by atoms with Gasteiger partial charge in [-0.05, 0) is 170 Å². The summed E-state index contributed by atoms with van der Waals surface area (Å²) >= 11 is 0. The summed E-state index contributed by atoms with van der Waals surface area (Å²) in [4.78, 5) is 0. The van der Waals surface area contributed by atoms with Gasteiger partial charge in [0.25, 0.3) is 0 Å². The molecule has 0 amide bonds. The van der Waals surface area contributed by atoms with E-state index in [0.717, 1.165) is 104 Å². The van der Waals surface area contributed by atoms with E-state index in [0.29, 0.717) is 5.56 Å². The van der Waals surface area contributed by atoms with Crippen molar-refractivity contribution in [3.8, 4) is 44.5 Å². The molecule has 0 aliphatic carbocycles. The highest BCUT2D eigenvalue weighted by Gasteiger charge is 2.30. The minimum atomic E-state index is -4.45. The van der Waals surface area contributed by atoms with Crippen LogP contribution in [0.25, 0.3) is 109 Å². The van der Waals surface area contributed by atoms with Gasteiger partial charge in [-0.3, -0.25) is 0 Å². The first-order valence-corrected chi connectivity index (χ1v) is 19.6. The highest BCUT2D eigenvalue weighted by molar-refractivity contribution is 6.25. The van der Waals surface area contributed by atoms with Gasteiger partial charge in [-0.25, -0.2) is 4.39 Å².